The van der Waals surface area contributed by atoms with Crippen molar-refractivity contribution in [3.8, 4) is 0 Å². The minimum Gasteiger partial charge on any atom is -0.354 e. The van der Waals surface area contributed by atoms with E-state index in [1.807, 2.05) is 42.7 Å². The van der Waals surface area contributed by atoms with Crippen molar-refractivity contribution in [3.05, 3.63) is 34.6 Å². The predicted molar refractivity (Wildman–Crippen MR) is 94.4 cm³/mol. The van der Waals surface area contributed by atoms with Gasteiger partial charge in [0.2, 0.25) is 11.7 Å². The van der Waals surface area contributed by atoms with Gasteiger partial charge in [-0.1, -0.05) is 23.9 Å². The van der Waals surface area contributed by atoms with Gasteiger partial charge >= 0.3 is 0 Å². The van der Waals surface area contributed by atoms with E-state index < -0.39 is 0 Å². The number of hydrogen-bond acceptors (Lipinski definition) is 5. The number of nitrogens with one attached hydrogen (secondary N) is 1. The van der Waals surface area contributed by atoms with Crippen molar-refractivity contribution < 1.29 is 4.79 Å². The molecule has 2 heterocycles. The van der Waals surface area contributed by atoms with Gasteiger partial charge in [0.1, 0.15) is 0 Å². The van der Waals surface area contributed by atoms with Crippen molar-refractivity contribution in [2.45, 2.75) is 38.0 Å². The molecule has 1 aromatic carbocycles. The van der Waals surface area contributed by atoms with Crippen LogP contribution in [0.4, 0.5) is 0 Å². The number of fused-ring (bicyclic) bond motifs is 3. The molecule has 0 aliphatic carbocycles. The van der Waals surface area contributed by atoms with Gasteiger partial charge in [0.15, 0.2) is 5.16 Å². The summed E-state index contributed by atoms with van der Waals surface area (Å²) in [5, 5.41) is 12.4. The molecule has 3 rings (SSSR count). The topological polar surface area (TPSA) is 81.3 Å². The molecule has 7 nitrogen and oxygen atoms in total. The van der Waals surface area contributed by atoms with Gasteiger partial charge in [0.05, 0.1) is 10.9 Å². The summed E-state index contributed by atoms with van der Waals surface area (Å²) in [6.07, 6.45) is 2.13. The van der Waals surface area contributed by atoms with Gasteiger partial charge in [-0.25, -0.2) is 0 Å². The van der Waals surface area contributed by atoms with Crippen LogP contribution in [0.2, 0.25) is 0 Å². The lowest BCUT2D eigenvalue weighted by Gasteiger charge is -2.12. The van der Waals surface area contributed by atoms with Gasteiger partial charge in [-0.05, 0) is 32.2 Å². The third-order valence-electron chi connectivity index (χ3n) is 3.67. The number of rotatable bonds is 5. The molecule has 0 fully saturated rings. The molecule has 1 amide bonds. The molecule has 0 atom stereocenters. The van der Waals surface area contributed by atoms with E-state index >= 15 is 0 Å². The average Bonchev–Trinajstić information content (AvgIpc) is 2.98. The monoisotopic (exact) mass is 345 g/mol. The lowest BCUT2D eigenvalue weighted by molar-refractivity contribution is -0.121. The molecule has 0 aliphatic heterocycles. The quantitative estimate of drug-likeness (QED) is 0.712. The first-order valence-electron chi connectivity index (χ1n) is 7.73. The van der Waals surface area contributed by atoms with E-state index in [0.29, 0.717) is 16.3 Å². The Morgan fingerprint density at radius 3 is 2.75 bits per heavy atom. The molecule has 2 aromatic heterocycles. The van der Waals surface area contributed by atoms with Gasteiger partial charge in [0, 0.05) is 19.0 Å². The molecular formula is C16H19N5O2S. The Morgan fingerprint density at radius 2 is 2.04 bits per heavy atom. The highest BCUT2D eigenvalue weighted by atomic mass is 32.2. The van der Waals surface area contributed by atoms with Crippen LogP contribution in [0, 0.1) is 0 Å². The lowest BCUT2D eigenvalue weighted by atomic mass is 10.2. The van der Waals surface area contributed by atoms with Crippen LogP contribution < -0.4 is 10.9 Å². The molecule has 0 saturated heterocycles. The number of carbonyl (C=O) groups is 1. The van der Waals surface area contributed by atoms with E-state index in [1.165, 1.54) is 16.3 Å². The minimum atomic E-state index is -0.157. The summed E-state index contributed by atoms with van der Waals surface area (Å²) in [5.74, 6) is 0.369. The normalized spacial score (nSPS) is 11.5. The molecule has 0 spiro atoms. The zero-order valence-corrected chi connectivity index (χ0v) is 14.6. The van der Waals surface area contributed by atoms with Crippen LogP contribution in [0.5, 0.6) is 0 Å². The highest BCUT2D eigenvalue weighted by molar-refractivity contribution is 7.98. The second kappa shape index (κ2) is 6.64. The third-order valence-corrected chi connectivity index (χ3v) is 4.30. The number of para-hydroxylation sites is 1. The summed E-state index contributed by atoms with van der Waals surface area (Å²) in [6, 6.07) is 7.44. The van der Waals surface area contributed by atoms with Gasteiger partial charge in [-0.2, -0.15) is 0 Å². The molecule has 1 N–H and O–H groups in total. The molecule has 0 aliphatic rings. The van der Waals surface area contributed by atoms with E-state index in [2.05, 4.69) is 15.5 Å². The maximum absolute atomic E-state index is 12.8. The average molecular weight is 345 g/mol. The maximum Gasteiger partial charge on any atom is 0.262 e. The first kappa shape index (κ1) is 16.5. The van der Waals surface area contributed by atoms with Crippen molar-refractivity contribution in [2.24, 2.45) is 0 Å². The Bertz CT molecular complexity index is 960. The Kier molecular flexibility index (Phi) is 4.57. The Morgan fingerprint density at radius 1 is 1.29 bits per heavy atom. The first-order chi connectivity index (χ1) is 11.5. The summed E-state index contributed by atoms with van der Waals surface area (Å²) >= 11 is 1.46. The number of aromatic nitrogens is 4. The standard InChI is InChI=1S/C16H19N5O2S/c1-10(2)17-13(22)8-9-20-14(23)11-6-4-5-7-12(11)21-15(20)18-19-16(21)24-3/h4-7,10H,8-9H2,1-3H3,(H,17,22). The fourth-order valence-electron chi connectivity index (χ4n) is 2.67. The minimum absolute atomic E-state index is 0.0713. The molecule has 126 valence electrons. The van der Waals surface area contributed by atoms with Gasteiger partial charge in [-0.15, -0.1) is 10.2 Å². The fraction of sp³-hybridized carbons (Fsp3) is 0.375. The van der Waals surface area contributed by atoms with Crippen LogP contribution in [-0.4, -0.2) is 37.4 Å². The second-order valence-electron chi connectivity index (χ2n) is 5.77. The number of carbonyl (C=O) groups excluding carboxylic acids is 1. The largest absolute Gasteiger partial charge is 0.354 e. The van der Waals surface area contributed by atoms with Crippen molar-refractivity contribution in [3.63, 3.8) is 0 Å². The first-order valence-corrected chi connectivity index (χ1v) is 8.95. The summed E-state index contributed by atoms with van der Waals surface area (Å²) in [6.45, 7) is 4.07. The summed E-state index contributed by atoms with van der Waals surface area (Å²) < 4.78 is 3.39. The summed E-state index contributed by atoms with van der Waals surface area (Å²) in [5.41, 5.74) is 0.616. The molecule has 3 aromatic rings. The van der Waals surface area contributed by atoms with Crippen LogP contribution in [0.1, 0.15) is 20.3 Å². The SMILES string of the molecule is CSc1nnc2n(CCC(=O)NC(C)C)c(=O)c3ccccc3n12. The highest BCUT2D eigenvalue weighted by Crippen LogP contribution is 2.19. The third kappa shape index (κ3) is 2.89. The van der Waals surface area contributed by atoms with E-state index in [4.69, 9.17) is 0 Å². The van der Waals surface area contributed by atoms with Crippen LogP contribution in [0.25, 0.3) is 16.7 Å². The van der Waals surface area contributed by atoms with E-state index in [-0.39, 0.29) is 30.5 Å². The van der Waals surface area contributed by atoms with Crippen molar-refractivity contribution in [1.82, 2.24) is 24.5 Å². The molecule has 0 bridgehead atoms. The zero-order chi connectivity index (χ0) is 17.3. The summed E-state index contributed by atoms with van der Waals surface area (Å²) in [4.78, 5) is 24.7. The van der Waals surface area contributed by atoms with Gasteiger partial charge in [-0.3, -0.25) is 18.6 Å². The Labute approximate surface area is 143 Å². The molecule has 24 heavy (non-hydrogen) atoms. The lowest BCUT2D eigenvalue weighted by Crippen LogP contribution is -2.32. The Balaban J connectivity index is 2.12. The second-order valence-corrected chi connectivity index (χ2v) is 6.54. The van der Waals surface area contributed by atoms with Crippen molar-refractivity contribution in [2.75, 3.05) is 6.26 Å². The Hall–Kier alpha value is -2.35. The van der Waals surface area contributed by atoms with E-state index in [9.17, 15) is 9.59 Å². The molecule has 0 saturated carbocycles. The number of amides is 1. The van der Waals surface area contributed by atoms with Crippen LogP contribution >= 0.6 is 11.8 Å². The van der Waals surface area contributed by atoms with Crippen molar-refractivity contribution in [1.29, 1.82) is 0 Å². The molecule has 0 radical (unpaired) electrons. The maximum atomic E-state index is 12.8. The molecule has 8 heteroatoms. The highest BCUT2D eigenvalue weighted by Gasteiger charge is 2.16. The zero-order valence-electron chi connectivity index (χ0n) is 13.8. The number of hydrogen-bond donors (Lipinski definition) is 1. The van der Waals surface area contributed by atoms with Gasteiger partial charge in [0.25, 0.3) is 5.56 Å². The molecular weight excluding hydrogens is 326 g/mol. The van der Waals surface area contributed by atoms with E-state index in [0.717, 1.165) is 5.52 Å². The number of nitrogens with zero attached hydrogens (tertiary/aromatic N) is 4. The number of benzene rings is 1. The van der Waals surface area contributed by atoms with Gasteiger partial charge < -0.3 is 5.32 Å². The number of aryl methyl sites for hydroxylation is 1. The smallest absolute Gasteiger partial charge is 0.262 e. The number of thioether (sulfide) groups is 1. The molecule has 0 unspecified atom stereocenters. The van der Waals surface area contributed by atoms with Crippen LogP contribution in [0.15, 0.2) is 34.2 Å². The van der Waals surface area contributed by atoms with Crippen molar-refractivity contribution >= 4 is 34.3 Å². The van der Waals surface area contributed by atoms with Crippen LogP contribution in [-0.2, 0) is 11.3 Å². The van der Waals surface area contributed by atoms with E-state index in [1.54, 1.807) is 6.07 Å². The fourth-order valence-corrected chi connectivity index (χ4v) is 3.16. The summed E-state index contributed by atoms with van der Waals surface area (Å²) in [7, 11) is 0. The van der Waals surface area contributed by atoms with Crippen LogP contribution in [0.3, 0.4) is 0 Å². The predicted octanol–water partition coefficient (Wildman–Crippen LogP) is 1.68.